The molecule has 30 heavy (non-hydrogen) atoms. The Labute approximate surface area is 176 Å². The number of benzene rings is 1. The largest absolute Gasteiger partial charge is 0.369 e. The summed E-state index contributed by atoms with van der Waals surface area (Å²) in [5.41, 5.74) is 3.01. The Balaban J connectivity index is 1.32. The van der Waals surface area contributed by atoms with Crippen LogP contribution in [0.3, 0.4) is 0 Å². The van der Waals surface area contributed by atoms with Crippen molar-refractivity contribution >= 4 is 22.5 Å². The molecule has 3 heterocycles. The number of para-hydroxylation sites is 1. The number of aryl methyl sites for hydroxylation is 2. The molecule has 1 amide bonds. The molecule has 156 valence electrons. The van der Waals surface area contributed by atoms with Gasteiger partial charge in [0.2, 0.25) is 5.91 Å². The van der Waals surface area contributed by atoms with E-state index in [-0.39, 0.29) is 11.5 Å². The average Bonchev–Trinajstić information content (AvgIpc) is 3.02. The number of nitrogens with zero attached hydrogens (tertiary/aromatic N) is 5. The second-order valence-corrected chi connectivity index (χ2v) is 7.75. The molecule has 0 bridgehead atoms. The van der Waals surface area contributed by atoms with Crippen LogP contribution in [0, 0.1) is 6.92 Å². The van der Waals surface area contributed by atoms with E-state index in [9.17, 15) is 9.59 Å². The molecule has 0 saturated carbocycles. The first-order valence-corrected chi connectivity index (χ1v) is 10.5. The lowest BCUT2D eigenvalue weighted by Crippen LogP contribution is -2.35. The molecule has 7 nitrogen and oxygen atoms in total. The summed E-state index contributed by atoms with van der Waals surface area (Å²) in [6, 6.07) is 9.38. The van der Waals surface area contributed by atoms with Gasteiger partial charge in [-0.3, -0.25) is 19.1 Å². The summed E-state index contributed by atoms with van der Waals surface area (Å²) in [7, 11) is 0. The van der Waals surface area contributed by atoms with E-state index in [1.165, 1.54) is 5.69 Å². The van der Waals surface area contributed by atoms with Crippen molar-refractivity contribution in [2.75, 3.05) is 31.1 Å². The second kappa shape index (κ2) is 9.07. The molecule has 0 N–H and O–H groups in total. The first-order valence-electron chi connectivity index (χ1n) is 10.5. The Hall–Kier alpha value is -3.22. The molecule has 2 aromatic heterocycles. The highest BCUT2D eigenvalue weighted by Crippen LogP contribution is 2.20. The minimum atomic E-state index is -0.0498. The molecule has 0 spiro atoms. The summed E-state index contributed by atoms with van der Waals surface area (Å²) in [4.78, 5) is 38.1. The van der Waals surface area contributed by atoms with E-state index in [1.54, 1.807) is 17.0 Å². The number of anilines is 1. The number of hydrogen-bond donors (Lipinski definition) is 0. The fraction of sp³-hybridized carbons (Fsp3) is 0.391. The van der Waals surface area contributed by atoms with Gasteiger partial charge in [-0.05, 0) is 43.5 Å². The normalized spacial score (nSPS) is 14.7. The van der Waals surface area contributed by atoms with Crippen molar-refractivity contribution in [3.05, 3.63) is 65.0 Å². The molecule has 1 saturated heterocycles. The highest BCUT2D eigenvalue weighted by molar-refractivity contribution is 5.77. The topological polar surface area (TPSA) is 71.3 Å². The van der Waals surface area contributed by atoms with Crippen LogP contribution in [0.5, 0.6) is 0 Å². The number of carbonyl (C=O) groups excluding carboxylic acids is 1. The molecule has 0 atom stereocenters. The van der Waals surface area contributed by atoms with Crippen molar-refractivity contribution in [3.8, 4) is 0 Å². The summed E-state index contributed by atoms with van der Waals surface area (Å²) < 4.78 is 1.60. The van der Waals surface area contributed by atoms with Crippen LogP contribution in [0.1, 0.15) is 24.8 Å². The zero-order valence-corrected chi connectivity index (χ0v) is 17.3. The SMILES string of the molecule is Cc1cnccc1N1CCCN(C(=O)CCCn2cnc3ccccc3c2=O)CC1. The van der Waals surface area contributed by atoms with Crippen molar-refractivity contribution in [1.29, 1.82) is 0 Å². The summed E-state index contributed by atoms with van der Waals surface area (Å²) in [5, 5.41) is 0.616. The van der Waals surface area contributed by atoms with Crippen molar-refractivity contribution in [1.82, 2.24) is 19.4 Å². The Morgan fingerprint density at radius 2 is 1.97 bits per heavy atom. The van der Waals surface area contributed by atoms with Gasteiger partial charge in [-0.25, -0.2) is 4.98 Å². The molecule has 4 rings (SSSR count). The molecule has 1 aromatic carbocycles. The molecule has 3 aromatic rings. The number of amides is 1. The summed E-state index contributed by atoms with van der Waals surface area (Å²) in [6.07, 6.45) is 7.29. The molecule has 0 radical (unpaired) electrons. The third-order valence-corrected chi connectivity index (χ3v) is 5.70. The minimum absolute atomic E-state index is 0.0498. The Kier molecular flexibility index (Phi) is 6.07. The lowest BCUT2D eigenvalue weighted by molar-refractivity contribution is -0.131. The van der Waals surface area contributed by atoms with Crippen LogP contribution in [0.15, 0.2) is 53.8 Å². The predicted octanol–water partition coefficient (Wildman–Crippen LogP) is 2.62. The van der Waals surface area contributed by atoms with Crippen molar-refractivity contribution < 1.29 is 4.79 Å². The van der Waals surface area contributed by atoms with Gasteiger partial charge < -0.3 is 9.80 Å². The van der Waals surface area contributed by atoms with Gasteiger partial charge in [0.1, 0.15) is 0 Å². The van der Waals surface area contributed by atoms with Gasteiger partial charge >= 0.3 is 0 Å². The zero-order chi connectivity index (χ0) is 20.9. The van der Waals surface area contributed by atoms with Crippen LogP contribution < -0.4 is 10.5 Å². The molecule has 1 aliphatic rings. The highest BCUT2D eigenvalue weighted by atomic mass is 16.2. The van der Waals surface area contributed by atoms with Gasteiger partial charge in [0.15, 0.2) is 0 Å². The Morgan fingerprint density at radius 3 is 2.83 bits per heavy atom. The van der Waals surface area contributed by atoms with E-state index >= 15 is 0 Å². The Bertz CT molecular complexity index is 1090. The number of carbonyl (C=O) groups is 1. The Morgan fingerprint density at radius 1 is 1.10 bits per heavy atom. The smallest absolute Gasteiger partial charge is 0.261 e. The second-order valence-electron chi connectivity index (χ2n) is 7.75. The standard InChI is InChI=1S/C23H27N5O2/c1-18-16-24-10-9-21(18)26-12-5-13-27(15-14-26)22(29)8-4-11-28-17-25-20-7-3-2-6-19(20)23(28)30/h2-3,6-7,9-10,16-17H,4-5,8,11-15H2,1H3. The monoisotopic (exact) mass is 405 g/mol. The van der Waals surface area contributed by atoms with Gasteiger partial charge in [0.05, 0.1) is 17.2 Å². The molecule has 1 aliphatic heterocycles. The summed E-state index contributed by atoms with van der Waals surface area (Å²) in [5.74, 6) is 0.157. The number of fused-ring (bicyclic) bond motifs is 1. The third-order valence-electron chi connectivity index (χ3n) is 5.70. The zero-order valence-electron chi connectivity index (χ0n) is 17.3. The predicted molar refractivity (Wildman–Crippen MR) is 118 cm³/mol. The molecule has 0 aliphatic carbocycles. The van der Waals surface area contributed by atoms with E-state index in [0.717, 1.165) is 38.2 Å². The van der Waals surface area contributed by atoms with E-state index in [4.69, 9.17) is 0 Å². The number of aromatic nitrogens is 3. The summed E-state index contributed by atoms with van der Waals surface area (Å²) >= 11 is 0. The highest BCUT2D eigenvalue weighted by Gasteiger charge is 2.20. The van der Waals surface area contributed by atoms with Gasteiger partial charge in [-0.2, -0.15) is 0 Å². The maximum atomic E-state index is 12.7. The van der Waals surface area contributed by atoms with Crippen LogP contribution >= 0.6 is 0 Å². The first kappa shape index (κ1) is 20.1. The van der Waals surface area contributed by atoms with E-state index in [2.05, 4.69) is 21.8 Å². The van der Waals surface area contributed by atoms with Crippen molar-refractivity contribution in [2.24, 2.45) is 0 Å². The molecule has 1 fully saturated rings. The first-order chi connectivity index (χ1) is 14.6. The van der Waals surface area contributed by atoms with E-state index in [1.807, 2.05) is 41.6 Å². The lowest BCUT2D eigenvalue weighted by Gasteiger charge is -2.25. The molecule has 7 heteroatoms. The van der Waals surface area contributed by atoms with E-state index in [0.29, 0.717) is 30.3 Å². The fourth-order valence-electron chi connectivity index (χ4n) is 4.05. The van der Waals surface area contributed by atoms with Crippen LogP contribution in [0.25, 0.3) is 10.9 Å². The van der Waals surface area contributed by atoms with Crippen molar-refractivity contribution in [2.45, 2.75) is 32.7 Å². The van der Waals surface area contributed by atoms with Crippen LogP contribution in [0.4, 0.5) is 5.69 Å². The number of pyridine rings is 1. The van der Waals surface area contributed by atoms with Crippen LogP contribution in [0.2, 0.25) is 0 Å². The molecular formula is C23H27N5O2. The fourth-order valence-corrected chi connectivity index (χ4v) is 4.05. The van der Waals surface area contributed by atoms with Crippen LogP contribution in [-0.4, -0.2) is 51.5 Å². The summed E-state index contributed by atoms with van der Waals surface area (Å²) in [6.45, 7) is 5.82. The maximum absolute atomic E-state index is 12.7. The van der Waals surface area contributed by atoms with Gasteiger partial charge in [0.25, 0.3) is 5.56 Å². The number of hydrogen-bond acceptors (Lipinski definition) is 5. The van der Waals surface area contributed by atoms with Gasteiger partial charge in [0, 0.05) is 57.2 Å². The molecule has 0 unspecified atom stereocenters. The average molecular weight is 406 g/mol. The van der Waals surface area contributed by atoms with Gasteiger partial charge in [-0.1, -0.05) is 12.1 Å². The van der Waals surface area contributed by atoms with E-state index < -0.39 is 0 Å². The van der Waals surface area contributed by atoms with Gasteiger partial charge in [-0.15, -0.1) is 0 Å². The van der Waals surface area contributed by atoms with Crippen molar-refractivity contribution in [3.63, 3.8) is 0 Å². The maximum Gasteiger partial charge on any atom is 0.261 e. The van der Waals surface area contributed by atoms with Crippen LogP contribution in [-0.2, 0) is 11.3 Å². The molecular weight excluding hydrogens is 378 g/mol. The lowest BCUT2D eigenvalue weighted by atomic mass is 10.2. The number of rotatable bonds is 5. The quantitative estimate of drug-likeness (QED) is 0.653. The third kappa shape index (κ3) is 4.35. The minimum Gasteiger partial charge on any atom is -0.369 e.